The van der Waals surface area contributed by atoms with Gasteiger partial charge in [-0.25, -0.2) is 0 Å². The van der Waals surface area contributed by atoms with Crippen molar-refractivity contribution in [1.82, 2.24) is 4.90 Å². The van der Waals surface area contributed by atoms with E-state index in [9.17, 15) is 4.79 Å². The van der Waals surface area contributed by atoms with Crippen LogP contribution in [0.2, 0.25) is 10.0 Å². The maximum Gasteiger partial charge on any atom is 0.307 e. The van der Waals surface area contributed by atoms with Gasteiger partial charge in [0.15, 0.2) is 0 Å². The molecule has 18 heavy (non-hydrogen) atoms. The molecule has 0 fully saturated rings. The molecule has 0 saturated heterocycles. The molecule has 1 atom stereocenters. The number of rotatable bonds is 6. The predicted molar refractivity (Wildman–Crippen MR) is 74.2 cm³/mol. The molecule has 1 aromatic carbocycles. The van der Waals surface area contributed by atoms with Gasteiger partial charge in [-0.1, -0.05) is 49.2 Å². The maximum atomic E-state index is 10.9. The summed E-state index contributed by atoms with van der Waals surface area (Å²) in [5.41, 5.74) is 0.920. The number of aliphatic carboxylic acids is 1. The normalized spacial score (nSPS) is 12.7. The first-order valence-electron chi connectivity index (χ1n) is 5.83. The van der Waals surface area contributed by atoms with Gasteiger partial charge in [-0.2, -0.15) is 0 Å². The number of carbonyl (C=O) groups is 1. The molecule has 1 rings (SSSR count). The minimum Gasteiger partial charge on any atom is -0.481 e. The van der Waals surface area contributed by atoms with Crippen molar-refractivity contribution in [3.63, 3.8) is 0 Å². The van der Waals surface area contributed by atoms with E-state index in [1.165, 1.54) is 0 Å². The SMILES string of the molecule is CCN(Cc1cccc(Cl)c1Cl)CC(C)C(=O)O. The Morgan fingerprint density at radius 2 is 2.11 bits per heavy atom. The van der Waals surface area contributed by atoms with Crippen LogP contribution in [-0.4, -0.2) is 29.1 Å². The zero-order valence-electron chi connectivity index (χ0n) is 10.5. The molecule has 100 valence electrons. The predicted octanol–water partition coefficient (Wildman–Crippen LogP) is 3.54. The van der Waals surface area contributed by atoms with Gasteiger partial charge in [0, 0.05) is 13.1 Å². The van der Waals surface area contributed by atoms with Gasteiger partial charge in [-0.15, -0.1) is 0 Å². The Morgan fingerprint density at radius 1 is 1.44 bits per heavy atom. The van der Waals surface area contributed by atoms with E-state index >= 15 is 0 Å². The van der Waals surface area contributed by atoms with Gasteiger partial charge < -0.3 is 5.11 Å². The Bertz CT molecular complexity index is 423. The lowest BCUT2D eigenvalue weighted by atomic mass is 10.1. The molecule has 0 aliphatic rings. The van der Waals surface area contributed by atoms with E-state index in [-0.39, 0.29) is 0 Å². The number of nitrogens with zero attached hydrogens (tertiary/aromatic N) is 1. The zero-order chi connectivity index (χ0) is 13.7. The monoisotopic (exact) mass is 289 g/mol. The smallest absolute Gasteiger partial charge is 0.307 e. The number of carboxylic acid groups (broad SMARTS) is 1. The van der Waals surface area contributed by atoms with Crippen molar-refractivity contribution >= 4 is 29.2 Å². The lowest BCUT2D eigenvalue weighted by molar-refractivity contribution is -0.141. The molecular weight excluding hydrogens is 273 g/mol. The number of benzene rings is 1. The summed E-state index contributed by atoms with van der Waals surface area (Å²) in [6.45, 7) is 5.56. The van der Waals surface area contributed by atoms with Crippen LogP contribution in [0.1, 0.15) is 19.4 Å². The summed E-state index contributed by atoms with van der Waals surface area (Å²) in [7, 11) is 0. The highest BCUT2D eigenvalue weighted by Crippen LogP contribution is 2.26. The van der Waals surface area contributed by atoms with Gasteiger partial charge in [-0.05, 0) is 18.2 Å². The van der Waals surface area contributed by atoms with Gasteiger partial charge in [0.25, 0.3) is 0 Å². The van der Waals surface area contributed by atoms with Crippen molar-refractivity contribution in [3.8, 4) is 0 Å². The molecule has 1 aromatic rings. The molecule has 0 saturated carbocycles. The molecule has 5 heteroatoms. The first kappa shape index (κ1) is 15.3. The zero-order valence-corrected chi connectivity index (χ0v) is 12.0. The largest absolute Gasteiger partial charge is 0.481 e. The average molecular weight is 290 g/mol. The van der Waals surface area contributed by atoms with Crippen molar-refractivity contribution in [3.05, 3.63) is 33.8 Å². The van der Waals surface area contributed by atoms with Crippen molar-refractivity contribution in [1.29, 1.82) is 0 Å². The standard InChI is InChI=1S/C13H17Cl2NO2/c1-3-16(7-9(2)13(17)18)8-10-5-4-6-11(14)12(10)15/h4-6,9H,3,7-8H2,1-2H3,(H,17,18). The van der Waals surface area contributed by atoms with Gasteiger partial charge in [-0.3, -0.25) is 9.69 Å². The van der Waals surface area contributed by atoms with Crippen LogP contribution in [0.15, 0.2) is 18.2 Å². The number of halogens is 2. The van der Waals surface area contributed by atoms with Crippen molar-refractivity contribution in [2.24, 2.45) is 5.92 Å². The fourth-order valence-electron chi connectivity index (χ4n) is 1.68. The van der Waals surface area contributed by atoms with Crippen LogP contribution in [-0.2, 0) is 11.3 Å². The lowest BCUT2D eigenvalue weighted by Crippen LogP contribution is -2.31. The Balaban J connectivity index is 2.74. The van der Waals surface area contributed by atoms with E-state index in [0.29, 0.717) is 23.1 Å². The van der Waals surface area contributed by atoms with Crippen molar-refractivity contribution in [2.75, 3.05) is 13.1 Å². The molecule has 0 heterocycles. The second kappa shape index (κ2) is 6.98. The third kappa shape index (κ3) is 4.16. The quantitative estimate of drug-likeness (QED) is 0.871. The first-order chi connectivity index (χ1) is 8.45. The van der Waals surface area contributed by atoms with Crippen LogP contribution in [0.25, 0.3) is 0 Å². The Kier molecular flexibility index (Phi) is 5.93. The number of carboxylic acids is 1. The van der Waals surface area contributed by atoms with E-state index in [0.717, 1.165) is 12.1 Å². The number of hydrogen-bond acceptors (Lipinski definition) is 2. The highest BCUT2D eigenvalue weighted by molar-refractivity contribution is 6.42. The fraction of sp³-hybridized carbons (Fsp3) is 0.462. The summed E-state index contributed by atoms with van der Waals surface area (Å²) in [5, 5.41) is 9.98. The van der Waals surface area contributed by atoms with E-state index < -0.39 is 11.9 Å². The Morgan fingerprint density at radius 3 is 2.67 bits per heavy atom. The second-order valence-corrected chi connectivity index (χ2v) is 5.07. The highest BCUT2D eigenvalue weighted by Gasteiger charge is 2.16. The summed E-state index contributed by atoms with van der Waals surface area (Å²) in [6, 6.07) is 5.49. The summed E-state index contributed by atoms with van der Waals surface area (Å²) in [4.78, 5) is 12.9. The van der Waals surface area contributed by atoms with Crippen LogP contribution >= 0.6 is 23.2 Å². The third-order valence-electron chi connectivity index (χ3n) is 2.83. The first-order valence-corrected chi connectivity index (χ1v) is 6.59. The van der Waals surface area contributed by atoms with Gasteiger partial charge in [0.1, 0.15) is 0 Å². The van der Waals surface area contributed by atoms with Crippen LogP contribution in [0, 0.1) is 5.92 Å². The minimum atomic E-state index is -0.786. The molecule has 3 nitrogen and oxygen atoms in total. The van der Waals surface area contributed by atoms with Crippen LogP contribution in [0.4, 0.5) is 0 Å². The molecule has 0 aliphatic carbocycles. The number of hydrogen-bond donors (Lipinski definition) is 1. The summed E-state index contributed by atoms with van der Waals surface area (Å²) in [5.74, 6) is -1.19. The fourth-order valence-corrected chi connectivity index (χ4v) is 2.06. The third-order valence-corrected chi connectivity index (χ3v) is 3.68. The highest BCUT2D eigenvalue weighted by atomic mass is 35.5. The molecular formula is C13H17Cl2NO2. The van der Waals surface area contributed by atoms with E-state index in [2.05, 4.69) is 0 Å². The Hall–Kier alpha value is -0.770. The molecule has 0 spiro atoms. The lowest BCUT2D eigenvalue weighted by Gasteiger charge is -2.23. The molecule has 0 amide bonds. The second-order valence-electron chi connectivity index (χ2n) is 4.28. The maximum absolute atomic E-state index is 10.9. The van der Waals surface area contributed by atoms with E-state index in [1.807, 2.05) is 24.0 Å². The van der Waals surface area contributed by atoms with Crippen molar-refractivity contribution < 1.29 is 9.90 Å². The van der Waals surface area contributed by atoms with E-state index in [4.69, 9.17) is 28.3 Å². The molecule has 0 aliphatic heterocycles. The minimum absolute atomic E-state index is 0.400. The molecule has 0 radical (unpaired) electrons. The molecule has 0 aromatic heterocycles. The summed E-state index contributed by atoms with van der Waals surface area (Å²) < 4.78 is 0. The van der Waals surface area contributed by atoms with Crippen molar-refractivity contribution in [2.45, 2.75) is 20.4 Å². The molecule has 1 unspecified atom stereocenters. The van der Waals surface area contributed by atoms with Gasteiger partial charge >= 0.3 is 5.97 Å². The topological polar surface area (TPSA) is 40.5 Å². The van der Waals surface area contributed by atoms with Crippen LogP contribution in [0.3, 0.4) is 0 Å². The Labute approximate surface area is 117 Å². The molecule has 1 N–H and O–H groups in total. The average Bonchev–Trinajstić information content (AvgIpc) is 2.33. The van der Waals surface area contributed by atoms with Crippen LogP contribution < -0.4 is 0 Å². The van der Waals surface area contributed by atoms with Gasteiger partial charge in [0.05, 0.1) is 16.0 Å². The molecule has 0 bridgehead atoms. The van der Waals surface area contributed by atoms with E-state index in [1.54, 1.807) is 13.0 Å². The summed E-state index contributed by atoms with van der Waals surface area (Å²) >= 11 is 12.1. The van der Waals surface area contributed by atoms with Crippen LogP contribution in [0.5, 0.6) is 0 Å². The van der Waals surface area contributed by atoms with Gasteiger partial charge in [0.2, 0.25) is 0 Å². The summed E-state index contributed by atoms with van der Waals surface area (Å²) in [6.07, 6.45) is 0.